The molecule has 13 heavy (non-hydrogen) atoms. The summed E-state index contributed by atoms with van der Waals surface area (Å²) in [5.41, 5.74) is 5.91. The van der Waals surface area contributed by atoms with Crippen molar-refractivity contribution in [1.29, 1.82) is 0 Å². The molecule has 0 aromatic heterocycles. The van der Waals surface area contributed by atoms with E-state index in [1.54, 1.807) is 0 Å². The second-order valence-electron chi connectivity index (χ2n) is 4.70. The highest BCUT2D eigenvalue weighted by molar-refractivity contribution is 5.96. The number of hydrogen-bond acceptors (Lipinski definition) is 3. The van der Waals surface area contributed by atoms with E-state index in [2.05, 4.69) is 0 Å². The highest BCUT2D eigenvalue weighted by Crippen LogP contribution is 2.49. The van der Waals surface area contributed by atoms with Crippen molar-refractivity contribution in [2.45, 2.75) is 25.3 Å². The molecule has 4 unspecified atom stereocenters. The molecular weight excluding hydrogens is 166 g/mol. The summed E-state index contributed by atoms with van der Waals surface area (Å²) in [5, 5.41) is 0. The van der Waals surface area contributed by atoms with Gasteiger partial charge in [0, 0.05) is 29.7 Å². The lowest BCUT2D eigenvalue weighted by Crippen LogP contribution is -2.61. The van der Waals surface area contributed by atoms with E-state index in [0.29, 0.717) is 11.6 Å². The highest BCUT2D eigenvalue weighted by Gasteiger charge is 2.56. The van der Waals surface area contributed by atoms with Crippen molar-refractivity contribution in [3.8, 4) is 0 Å². The van der Waals surface area contributed by atoms with Crippen molar-refractivity contribution in [2.24, 2.45) is 29.4 Å². The summed E-state index contributed by atoms with van der Waals surface area (Å²) >= 11 is 0. The molecule has 4 rings (SSSR count). The number of ketones is 2. The molecule has 4 saturated carbocycles. The number of carbonyl (C=O) groups excluding carboxylic acids is 2. The fourth-order valence-electron chi connectivity index (χ4n) is 3.43. The van der Waals surface area contributed by atoms with Crippen LogP contribution in [0.3, 0.4) is 0 Å². The Morgan fingerprint density at radius 2 is 1.38 bits per heavy atom. The maximum Gasteiger partial charge on any atom is 0.140 e. The average molecular weight is 179 g/mol. The van der Waals surface area contributed by atoms with E-state index in [-0.39, 0.29) is 29.7 Å². The monoisotopic (exact) mass is 179 g/mol. The molecule has 0 radical (unpaired) electrons. The Bertz CT molecular complexity index is 271. The largest absolute Gasteiger partial charge is 0.326 e. The summed E-state index contributed by atoms with van der Waals surface area (Å²) in [6, 6.07) is -0.159. The zero-order chi connectivity index (χ0) is 9.16. The van der Waals surface area contributed by atoms with Crippen LogP contribution in [0.15, 0.2) is 0 Å². The summed E-state index contributed by atoms with van der Waals surface area (Å²) in [5.74, 6) is 1.05. The Balaban J connectivity index is 2.04. The zero-order valence-corrected chi connectivity index (χ0v) is 7.40. The molecule has 0 spiro atoms. The van der Waals surface area contributed by atoms with Crippen molar-refractivity contribution < 1.29 is 9.59 Å². The van der Waals surface area contributed by atoms with Crippen LogP contribution >= 0.6 is 0 Å². The van der Waals surface area contributed by atoms with Gasteiger partial charge in [-0.25, -0.2) is 0 Å². The first-order valence-corrected chi connectivity index (χ1v) is 5.01. The molecule has 2 N–H and O–H groups in total. The summed E-state index contributed by atoms with van der Waals surface area (Å²) in [7, 11) is 0. The SMILES string of the molecule is NC1C2CC3CC(CC1C3=O)C2=O. The first-order valence-electron chi connectivity index (χ1n) is 5.01. The number of nitrogens with two attached hydrogens (primary N) is 1. The normalized spacial score (nSPS) is 53.2. The van der Waals surface area contributed by atoms with E-state index in [9.17, 15) is 9.59 Å². The molecule has 4 aliphatic rings. The molecular formula is C10H13NO2. The first-order chi connectivity index (χ1) is 6.18. The third-order valence-electron chi connectivity index (χ3n) is 4.11. The quantitative estimate of drug-likeness (QED) is 0.575. The topological polar surface area (TPSA) is 60.2 Å². The van der Waals surface area contributed by atoms with Gasteiger partial charge in [0.05, 0.1) is 0 Å². The minimum absolute atomic E-state index is 0.0141. The predicted molar refractivity (Wildman–Crippen MR) is 45.8 cm³/mol. The van der Waals surface area contributed by atoms with Gasteiger partial charge in [-0.3, -0.25) is 9.59 Å². The number of Topliss-reactive ketones (excluding diaryl/α,β-unsaturated/α-hetero) is 2. The highest BCUT2D eigenvalue weighted by atomic mass is 16.1. The average Bonchev–Trinajstić information content (AvgIpc) is 2.10. The van der Waals surface area contributed by atoms with Crippen molar-refractivity contribution >= 4 is 11.6 Å². The lowest BCUT2D eigenvalue weighted by atomic mass is 9.53. The smallest absolute Gasteiger partial charge is 0.140 e. The van der Waals surface area contributed by atoms with E-state index in [1.165, 1.54) is 0 Å². The van der Waals surface area contributed by atoms with Crippen LogP contribution < -0.4 is 5.73 Å². The molecule has 0 heterocycles. The third kappa shape index (κ3) is 0.784. The minimum atomic E-state index is -0.159. The van der Waals surface area contributed by atoms with E-state index in [0.717, 1.165) is 19.3 Å². The molecule has 70 valence electrons. The van der Waals surface area contributed by atoms with Crippen molar-refractivity contribution in [3.05, 3.63) is 0 Å². The van der Waals surface area contributed by atoms with Crippen LogP contribution in [0.1, 0.15) is 19.3 Å². The molecule has 0 aromatic rings. The summed E-state index contributed by atoms with van der Waals surface area (Å²) in [4.78, 5) is 23.4. The van der Waals surface area contributed by atoms with Gasteiger partial charge in [-0.05, 0) is 19.3 Å². The molecule has 4 atom stereocenters. The number of carbonyl (C=O) groups is 2. The van der Waals surface area contributed by atoms with Crippen molar-refractivity contribution in [3.63, 3.8) is 0 Å². The van der Waals surface area contributed by atoms with Crippen LogP contribution in [0.4, 0.5) is 0 Å². The molecule has 0 aliphatic heterocycles. The molecule has 4 fully saturated rings. The fraction of sp³-hybridized carbons (Fsp3) is 0.800. The molecule has 4 bridgehead atoms. The van der Waals surface area contributed by atoms with Crippen LogP contribution in [-0.2, 0) is 9.59 Å². The fourth-order valence-corrected chi connectivity index (χ4v) is 3.43. The summed E-state index contributed by atoms with van der Waals surface area (Å²) in [6.45, 7) is 0. The molecule has 0 amide bonds. The van der Waals surface area contributed by atoms with E-state index < -0.39 is 0 Å². The van der Waals surface area contributed by atoms with Crippen LogP contribution in [0.25, 0.3) is 0 Å². The third-order valence-corrected chi connectivity index (χ3v) is 4.11. The van der Waals surface area contributed by atoms with Crippen molar-refractivity contribution in [1.82, 2.24) is 0 Å². The Kier molecular flexibility index (Phi) is 1.30. The lowest BCUT2D eigenvalue weighted by Gasteiger charge is -2.50. The van der Waals surface area contributed by atoms with E-state index >= 15 is 0 Å². The Morgan fingerprint density at radius 3 is 1.85 bits per heavy atom. The van der Waals surface area contributed by atoms with Gasteiger partial charge in [-0.15, -0.1) is 0 Å². The Morgan fingerprint density at radius 1 is 0.923 bits per heavy atom. The number of rotatable bonds is 0. The number of hydrogen-bond donors (Lipinski definition) is 1. The minimum Gasteiger partial charge on any atom is -0.326 e. The van der Waals surface area contributed by atoms with Gasteiger partial charge in [0.15, 0.2) is 0 Å². The van der Waals surface area contributed by atoms with Crippen LogP contribution in [0.2, 0.25) is 0 Å². The lowest BCUT2D eigenvalue weighted by molar-refractivity contribution is -0.152. The van der Waals surface area contributed by atoms with Crippen LogP contribution in [-0.4, -0.2) is 17.6 Å². The van der Waals surface area contributed by atoms with Gasteiger partial charge in [-0.2, -0.15) is 0 Å². The molecule has 0 aromatic carbocycles. The van der Waals surface area contributed by atoms with E-state index in [4.69, 9.17) is 5.73 Å². The van der Waals surface area contributed by atoms with Crippen molar-refractivity contribution in [2.75, 3.05) is 0 Å². The Labute approximate surface area is 76.7 Å². The molecule has 4 aliphatic carbocycles. The molecule has 0 saturated heterocycles. The Hall–Kier alpha value is -0.700. The van der Waals surface area contributed by atoms with Gasteiger partial charge >= 0.3 is 0 Å². The van der Waals surface area contributed by atoms with Crippen LogP contribution in [0.5, 0.6) is 0 Å². The second kappa shape index (κ2) is 2.21. The molecule has 3 nitrogen and oxygen atoms in total. The van der Waals surface area contributed by atoms with Gasteiger partial charge in [0.1, 0.15) is 11.6 Å². The summed E-state index contributed by atoms with van der Waals surface area (Å²) in [6.07, 6.45) is 2.30. The maximum atomic E-state index is 11.7. The summed E-state index contributed by atoms with van der Waals surface area (Å²) < 4.78 is 0. The second-order valence-corrected chi connectivity index (χ2v) is 4.70. The standard InChI is InChI=1S/C10H13NO2/c11-8-6-2-4-1-5(10(6)13)3-7(8)9(4)12/h4-8H,1-3,11H2. The first kappa shape index (κ1) is 7.68. The van der Waals surface area contributed by atoms with Gasteiger partial charge in [0.25, 0.3) is 0 Å². The van der Waals surface area contributed by atoms with Gasteiger partial charge in [0.2, 0.25) is 0 Å². The molecule has 3 heteroatoms. The van der Waals surface area contributed by atoms with E-state index in [1.807, 2.05) is 0 Å². The zero-order valence-electron chi connectivity index (χ0n) is 7.40. The van der Waals surface area contributed by atoms with Crippen LogP contribution in [0, 0.1) is 23.7 Å². The predicted octanol–water partition coefficient (Wildman–Crippen LogP) is 0.128. The van der Waals surface area contributed by atoms with Gasteiger partial charge in [-0.1, -0.05) is 0 Å². The van der Waals surface area contributed by atoms with Gasteiger partial charge < -0.3 is 5.73 Å². The maximum absolute atomic E-state index is 11.7.